The number of rotatable bonds is 5. The van der Waals surface area contributed by atoms with Crippen LogP contribution in [0.2, 0.25) is 0 Å². The molecule has 7 nitrogen and oxygen atoms in total. The van der Waals surface area contributed by atoms with Crippen molar-refractivity contribution in [2.75, 3.05) is 6.61 Å². The van der Waals surface area contributed by atoms with Gasteiger partial charge in [0.25, 0.3) is 0 Å². The molecule has 2 aromatic rings. The minimum absolute atomic E-state index is 0.129. The van der Waals surface area contributed by atoms with Gasteiger partial charge in [0.05, 0.1) is 18.2 Å². The Morgan fingerprint density at radius 1 is 1.03 bits per heavy atom. The lowest BCUT2D eigenvalue weighted by molar-refractivity contribution is -0.357. The van der Waals surface area contributed by atoms with E-state index in [0.29, 0.717) is 23.5 Å². The molecule has 164 valence electrons. The molecule has 1 saturated carbocycles. The second kappa shape index (κ2) is 8.67. The number of benzene rings is 2. The van der Waals surface area contributed by atoms with Crippen molar-refractivity contribution >= 4 is 0 Å². The lowest BCUT2D eigenvalue weighted by Gasteiger charge is -2.45. The Kier molecular flexibility index (Phi) is 6.13. The van der Waals surface area contributed by atoms with Gasteiger partial charge in [-0.25, -0.2) is 0 Å². The number of nitrogens with zero attached hydrogens (tertiary/aromatic N) is 1. The highest BCUT2D eigenvalue weighted by Gasteiger charge is 2.53. The molecule has 0 bridgehead atoms. The fourth-order valence-electron chi connectivity index (χ4n) is 4.33. The zero-order chi connectivity index (χ0) is 22.2. The summed E-state index contributed by atoms with van der Waals surface area (Å²) in [6.45, 7) is -0.649. The second-order valence-electron chi connectivity index (χ2n) is 8.49. The molecule has 4 rings (SSSR count). The normalized spacial score (nSPS) is 31.1. The molecule has 1 aliphatic carbocycles. The van der Waals surface area contributed by atoms with Gasteiger partial charge in [-0.05, 0) is 54.0 Å². The van der Waals surface area contributed by atoms with Crippen molar-refractivity contribution < 1.29 is 30.3 Å². The first kappa shape index (κ1) is 21.9. The van der Waals surface area contributed by atoms with Gasteiger partial charge in [0.1, 0.15) is 24.4 Å². The summed E-state index contributed by atoms with van der Waals surface area (Å²) in [5.74, 6) is -1.71. The summed E-state index contributed by atoms with van der Waals surface area (Å²) in [4.78, 5) is 0. The van der Waals surface area contributed by atoms with E-state index in [2.05, 4.69) is 18.2 Å². The van der Waals surface area contributed by atoms with Crippen molar-refractivity contribution in [3.63, 3.8) is 0 Å². The Balaban J connectivity index is 1.63. The van der Waals surface area contributed by atoms with E-state index in [-0.39, 0.29) is 5.56 Å². The fraction of sp³-hybridized carbons (Fsp3) is 0.458. The van der Waals surface area contributed by atoms with Crippen LogP contribution in [-0.4, -0.2) is 56.6 Å². The second-order valence-corrected chi connectivity index (χ2v) is 8.49. The first-order valence-corrected chi connectivity index (χ1v) is 10.5. The van der Waals surface area contributed by atoms with Gasteiger partial charge in [-0.3, -0.25) is 0 Å². The highest BCUT2D eigenvalue weighted by molar-refractivity contribution is 5.45. The summed E-state index contributed by atoms with van der Waals surface area (Å²) >= 11 is 0. The number of aliphatic hydroxyl groups is 5. The van der Waals surface area contributed by atoms with Crippen LogP contribution < -0.4 is 0 Å². The van der Waals surface area contributed by atoms with E-state index in [1.165, 1.54) is 37.0 Å². The Bertz CT molecular complexity index is 965. The van der Waals surface area contributed by atoms with Crippen LogP contribution in [0.1, 0.15) is 53.0 Å². The van der Waals surface area contributed by atoms with Crippen LogP contribution in [0, 0.1) is 11.3 Å². The minimum atomic E-state index is -2.34. The molecule has 31 heavy (non-hydrogen) atoms. The topological polar surface area (TPSA) is 134 Å². The van der Waals surface area contributed by atoms with E-state index in [1.807, 2.05) is 12.1 Å². The van der Waals surface area contributed by atoms with E-state index in [1.54, 1.807) is 6.07 Å². The van der Waals surface area contributed by atoms with Gasteiger partial charge in [0, 0.05) is 5.56 Å². The molecule has 2 aromatic carbocycles. The number of ether oxygens (including phenoxy) is 1. The van der Waals surface area contributed by atoms with Gasteiger partial charge in [0.2, 0.25) is 5.79 Å². The van der Waals surface area contributed by atoms with E-state index in [4.69, 9.17) is 4.74 Å². The summed E-state index contributed by atoms with van der Waals surface area (Å²) in [5, 5.41) is 60.5. The zero-order valence-electron chi connectivity index (χ0n) is 17.1. The number of hydrogen-bond acceptors (Lipinski definition) is 7. The molecule has 1 aliphatic heterocycles. The zero-order valence-corrected chi connectivity index (χ0v) is 17.1. The quantitative estimate of drug-likeness (QED) is 0.483. The van der Waals surface area contributed by atoms with Gasteiger partial charge >= 0.3 is 0 Å². The highest BCUT2D eigenvalue weighted by Crippen LogP contribution is 2.38. The van der Waals surface area contributed by atoms with Crippen LogP contribution >= 0.6 is 0 Å². The van der Waals surface area contributed by atoms with Crippen LogP contribution in [0.15, 0.2) is 42.5 Å². The standard InChI is InChI=1S/C24H27NO6/c25-12-17-8-9-19(24(30)23(29)22(28)21(27)20(13-26)31-24)11-18(17)10-14-4-6-16(7-5-14)15-2-1-3-15/h4-9,11,15,20-23,26-30H,1-3,10,13H2/t20-,21-,22+,23-,24-/m1/s1. The third-order valence-electron chi connectivity index (χ3n) is 6.56. The molecule has 1 heterocycles. The number of nitriles is 1. The number of aliphatic hydroxyl groups excluding tert-OH is 4. The molecule has 0 amide bonds. The minimum Gasteiger partial charge on any atom is -0.394 e. The van der Waals surface area contributed by atoms with E-state index >= 15 is 0 Å². The summed E-state index contributed by atoms with van der Waals surface area (Å²) < 4.78 is 5.41. The molecule has 2 fully saturated rings. The van der Waals surface area contributed by atoms with Gasteiger partial charge in [0.15, 0.2) is 0 Å². The molecule has 0 unspecified atom stereocenters. The molecule has 0 aromatic heterocycles. The van der Waals surface area contributed by atoms with Crippen LogP contribution in [0.5, 0.6) is 0 Å². The van der Waals surface area contributed by atoms with E-state index < -0.39 is 36.8 Å². The molecule has 1 saturated heterocycles. The van der Waals surface area contributed by atoms with Crippen LogP contribution in [0.4, 0.5) is 0 Å². The summed E-state index contributed by atoms with van der Waals surface area (Å²) in [6, 6.07) is 14.9. The lowest BCUT2D eigenvalue weighted by atomic mass is 9.80. The maximum Gasteiger partial charge on any atom is 0.222 e. The van der Waals surface area contributed by atoms with Gasteiger partial charge in [-0.1, -0.05) is 36.8 Å². The van der Waals surface area contributed by atoms with E-state index in [9.17, 15) is 30.8 Å². The molecular formula is C24H27NO6. The molecule has 2 aliphatic rings. The van der Waals surface area contributed by atoms with Crippen LogP contribution in [0.3, 0.4) is 0 Å². The highest BCUT2D eigenvalue weighted by atomic mass is 16.7. The largest absolute Gasteiger partial charge is 0.394 e. The van der Waals surface area contributed by atoms with Gasteiger partial charge < -0.3 is 30.3 Å². The van der Waals surface area contributed by atoms with Crippen molar-refractivity contribution in [1.82, 2.24) is 0 Å². The molecule has 7 heteroatoms. The predicted molar refractivity (Wildman–Crippen MR) is 111 cm³/mol. The summed E-state index contributed by atoms with van der Waals surface area (Å²) in [7, 11) is 0. The van der Waals surface area contributed by atoms with Crippen LogP contribution in [0.25, 0.3) is 0 Å². The maximum absolute atomic E-state index is 11.0. The molecule has 5 atom stereocenters. The smallest absolute Gasteiger partial charge is 0.222 e. The number of hydrogen-bond donors (Lipinski definition) is 5. The average molecular weight is 425 g/mol. The predicted octanol–water partition coefficient (Wildman–Crippen LogP) is 1.04. The first-order valence-electron chi connectivity index (χ1n) is 10.5. The fourth-order valence-corrected chi connectivity index (χ4v) is 4.33. The van der Waals surface area contributed by atoms with Crippen LogP contribution in [-0.2, 0) is 16.9 Å². The Labute approximate surface area is 180 Å². The Morgan fingerprint density at radius 2 is 1.74 bits per heavy atom. The Morgan fingerprint density at radius 3 is 2.32 bits per heavy atom. The third kappa shape index (κ3) is 3.99. The third-order valence-corrected chi connectivity index (χ3v) is 6.56. The SMILES string of the molecule is N#Cc1ccc([C@@]2(O)O[C@H](CO)[C@@H](O)[C@H](O)[C@H]2O)cc1Cc1ccc(C2CCC2)cc1. The maximum atomic E-state index is 11.0. The summed E-state index contributed by atoms with van der Waals surface area (Å²) in [5.41, 5.74) is 3.49. The monoisotopic (exact) mass is 425 g/mol. The van der Waals surface area contributed by atoms with Crippen molar-refractivity contribution in [3.05, 3.63) is 70.3 Å². The van der Waals surface area contributed by atoms with Crippen molar-refractivity contribution in [2.24, 2.45) is 0 Å². The molecule has 0 spiro atoms. The van der Waals surface area contributed by atoms with Gasteiger partial charge in [-0.2, -0.15) is 5.26 Å². The summed E-state index contributed by atoms with van der Waals surface area (Å²) in [6.07, 6.45) is -2.24. The average Bonchev–Trinajstić information content (AvgIpc) is 2.75. The molecular weight excluding hydrogens is 398 g/mol. The van der Waals surface area contributed by atoms with Crippen molar-refractivity contribution in [2.45, 2.75) is 61.8 Å². The Hall–Kier alpha value is -2.31. The first-order chi connectivity index (χ1) is 14.9. The van der Waals surface area contributed by atoms with Gasteiger partial charge in [-0.15, -0.1) is 0 Å². The van der Waals surface area contributed by atoms with Crippen molar-refractivity contribution in [3.8, 4) is 6.07 Å². The molecule has 0 radical (unpaired) electrons. The van der Waals surface area contributed by atoms with Crippen molar-refractivity contribution in [1.29, 1.82) is 5.26 Å². The molecule has 5 N–H and O–H groups in total. The van der Waals surface area contributed by atoms with E-state index in [0.717, 1.165) is 5.56 Å². The lowest BCUT2D eigenvalue weighted by Crippen LogP contribution is -2.63.